The van der Waals surface area contributed by atoms with E-state index in [0.29, 0.717) is 13.2 Å². The minimum Gasteiger partial charge on any atom is -0.477 e. The summed E-state index contributed by atoms with van der Waals surface area (Å²) in [6.45, 7) is 0.970. The quantitative estimate of drug-likeness (QED) is 0.886. The molecule has 0 bridgehead atoms. The average molecular weight is 343 g/mol. The fourth-order valence-electron chi connectivity index (χ4n) is 2.00. The molecule has 116 valence electrons. The predicted molar refractivity (Wildman–Crippen MR) is 76.2 cm³/mol. The van der Waals surface area contributed by atoms with Crippen molar-refractivity contribution < 1.29 is 17.9 Å². The molecule has 0 spiro atoms. The zero-order valence-corrected chi connectivity index (χ0v) is 12.8. The highest BCUT2D eigenvalue weighted by Crippen LogP contribution is 2.26. The second kappa shape index (κ2) is 5.58. The number of aryl methyl sites for hydroxylation is 1. The molecule has 0 fully saturated rings. The molecule has 0 atom stereocenters. The molecule has 0 radical (unpaired) electrons. The molecule has 0 unspecified atom stereocenters. The Morgan fingerprint density at radius 2 is 2.18 bits per heavy atom. The van der Waals surface area contributed by atoms with Crippen molar-refractivity contribution >= 4 is 27.5 Å². The first-order valence-electron chi connectivity index (χ1n) is 6.34. The third-order valence-electron chi connectivity index (χ3n) is 3.00. The normalized spacial score (nSPS) is 14.0. The Morgan fingerprint density at radius 1 is 1.36 bits per heavy atom. The zero-order valence-electron chi connectivity index (χ0n) is 11.2. The average Bonchev–Trinajstić information content (AvgIpc) is 2.91. The molecule has 1 aliphatic heterocycles. The van der Waals surface area contributed by atoms with Crippen LogP contribution in [0.25, 0.3) is 0 Å². The van der Waals surface area contributed by atoms with Gasteiger partial charge in [0.05, 0.1) is 23.4 Å². The summed E-state index contributed by atoms with van der Waals surface area (Å²) >= 11 is 5.73. The molecular weight excluding hydrogens is 332 g/mol. The molecule has 0 saturated carbocycles. The van der Waals surface area contributed by atoms with Crippen LogP contribution in [-0.2, 0) is 16.6 Å². The van der Waals surface area contributed by atoms with Gasteiger partial charge in [0.2, 0.25) is 5.88 Å². The van der Waals surface area contributed by atoms with Gasteiger partial charge in [-0.05, 0) is 6.07 Å². The Kier molecular flexibility index (Phi) is 3.75. The first kappa shape index (κ1) is 14.8. The Labute approximate surface area is 131 Å². The molecule has 2 aromatic heterocycles. The summed E-state index contributed by atoms with van der Waals surface area (Å²) in [5, 5.41) is 4.18. The van der Waals surface area contributed by atoms with Gasteiger partial charge in [-0.25, -0.2) is 17.8 Å². The van der Waals surface area contributed by atoms with Crippen molar-refractivity contribution in [1.29, 1.82) is 0 Å². The molecule has 10 heteroatoms. The van der Waals surface area contributed by atoms with Gasteiger partial charge in [0.1, 0.15) is 0 Å². The molecule has 1 N–H and O–H groups in total. The summed E-state index contributed by atoms with van der Waals surface area (Å²) in [5.74, 6) is -0.693. The van der Waals surface area contributed by atoms with Crippen molar-refractivity contribution in [2.75, 3.05) is 6.61 Å². The maximum Gasteiger partial charge on any atom is 0.271 e. The standard InChI is InChI=1S/C12H11ClN4O4S/c13-9-4-8(5-14-6-9)11(18)16-22(19,20)10-7-15-17-2-1-3-21-12(10)17/h4-7H,1-3H2,(H,16,18). The largest absolute Gasteiger partial charge is 0.477 e. The van der Waals surface area contributed by atoms with Crippen LogP contribution in [0.1, 0.15) is 16.8 Å². The number of fused-ring (bicyclic) bond motifs is 1. The third kappa shape index (κ3) is 2.77. The number of hydrogen-bond donors (Lipinski definition) is 1. The van der Waals surface area contributed by atoms with Gasteiger partial charge in [-0.1, -0.05) is 11.6 Å². The van der Waals surface area contributed by atoms with E-state index < -0.39 is 15.9 Å². The van der Waals surface area contributed by atoms with E-state index in [1.54, 1.807) is 0 Å². The van der Waals surface area contributed by atoms with Crippen LogP contribution >= 0.6 is 11.6 Å². The second-order valence-corrected chi connectivity index (χ2v) is 6.65. The number of amides is 1. The maximum absolute atomic E-state index is 12.3. The topological polar surface area (TPSA) is 103 Å². The lowest BCUT2D eigenvalue weighted by molar-refractivity contribution is 0.0981. The second-order valence-electron chi connectivity index (χ2n) is 4.57. The van der Waals surface area contributed by atoms with Gasteiger partial charge in [-0.2, -0.15) is 5.10 Å². The Bertz CT molecular complexity index is 833. The van der Waals surface area contributed by atoms with Crippen molar-refractivity contribution in [2.45, 2.75) is 17.9 Å². The molecule has 2 aromatic rings. The lowest BCUT2D eigenvalue weighted by Gasteiger charge is -2.16. The Balaban J connectivity index is 1.88. The van der Waals surface area contributed by atoms with Crippen molar-refractivity contribution in [3.05, 3.63) is 35.2 Å². The number of pyridine rings is 1. The minimum absolute atomic E-state index is 0.0398. The van der Waals surface area contributed by atoms with Crippen LogP contribution in [0.15, 0.2) is 29.6 Å². The lowest BCUT2D eigenvalue weighted by atomic mass is 10.3. The highest BCUT2D eigenvalue weighted by Gasteiger charge is 2.28. The monoisotopic (exact) mass is 342 g/mol. The molecule has 1 amide bonds. The third-order valence-corrected chi connectivity index (χ3v) is 4.52. The van der Waals surface area contributed by atoms with Crippen LogP contribution in [0, 0.1) is 0 Å². The summed E-state index contributed by atoms with van der Waals surface area (Å²) in [6, 6.07) is 1.32. The molecular formula is C12H11ClN4O4S. The van der Waals surface area contributed by atoms with Gasteiger partial charge in [0, 0.05) is 25.4 Å². The van der Waals surface area contributed by atoms with E-state index in [1.807, 2.05) is 4.72 Å². The lowest BCUT2D eigenvalue weighted by Crippen LogP contribution is -2.31. The number of carbonyl (C=O) groups is 1. The number of ether oxygens (including phenoxy) is 1. The molecule has 3 rings (SSSR count). The van der Waals surface area contributed by atoms with E-state index >= 15 is 0 Å². The van der Waals surface area contributed by atoms with E-state index in [0.717, 1.165) is 12.6 Å². The van der Waals surface area contributed by atoms with Crippen LogP contribution in [0.4, 0.5) is 0 Å². The maximum atomic E-state index is 12.3. The molecule has 8 nitrogen and oxygen atoms in total. The first-order chi connectivity index (χ1) is 10.5. The van der Waals surface area contributed by atoms with Crippen LogP contribution in [0.2, 0.25) is 5.02 Å². The van der Waals surface area contributed by atoms with Gasteiger partial charge >= 0.3 is 0 Å². The zero-order chi connectivity index (χ0) is 15.7. The molecule has 22 heavy (non-hydrogen) atoms. The SMILES string of the molecule is O=C(NS(=O)(=O)c1cnn2c1OCCC2)c1cncc(Cl)c1. The van der Waals surface area contributed by atoms with Gasteiger partial charge in [-0.3, -0.25) is 9.78 Å². The number of rotatable bonds is 3. The highest BCUT2D eigenvalue weighted by molar-refractivity contribution is 7.90. The number of hydrogen-bond acceptors (Lipinski definition) is 6. The number of aromatic nitrogens is 3. The van der Waals surface area contributed by atoms with Crippen LogP contribution in [0.5, 0.6) is 5.88 Å². The van der Waals surface area contributed by atoms with Gasteiger partial charge in [-0.15, -0.1) is 0 Å². The van der Waals surface area contributed by atoms with E-state index in [-0.39, 0.29) is 21.4 Å². The molecule has 1 aliphatic rings. The number of halogens is 1. The van der Waals surface area contributed by atoms with Crippen LogP contribution < -0.4 is 9.46 Å². The van der Waals surface area contributed by atoms with Crippen molar-refractivity contribution in [3.8, 4) is 5.88 Å². The smallest absolute Gasteiger partial charge is 0.271 e. The highest BCUT2D eigenvalue weighted by atomic mass is 35.5. The number of nitrogens with zero attached hydrogens (tertiary/aromatic N) is 3. The fraction of sp³-hybridized carbons (Fsp3) is 0.250. The number of carbonyl (C=O) groups excluding carboxylic acids is 1. The first-order valence-corrected chi connectivity index (χ1v) is 8.20. The van der Waals surface area contributed by atoms with E-state index in [2.05, 4.69) is 10.1 Å². The van der Waals surface area contributed by atoms with Crippen LogP contribution in [0.3, 0.4) is 0 Å². The van der Waals surface area contributed by atoms with E-state index in [4.69, 9.17) is 16.3 Å². The summed E-state index contributed by atoms with van der Waals surface area (Å²) in [4.78, 5) is 15.6. The number of sulfonamides is 1. The van der Waals surface area contributed by atoms with Crippen molar-refractivity contribution in [3.63, 3.8) is 0 Å². The van der Waals surface area contributed by atoms with Gasteiger partial charge < -0.3 is 4.74 Å². The van der Waals surface area contributed by atoms with Crippen molar-refractivity contribution in [2.24, 2.45) is 0 Å². The summed E-state index contributed by atoms with van der Waals surface area (Å²) in [7, 11) is -4.10. The van der Waals surface area contributed by atoms with E-state index in [9.17, 15) is 13.2 Å². The van der Waals surface area contributed by atoms with Gasteiger partial charge in [0.25, 0.3) is 15.9 Å². The fourth-order valence-corrected chi connectivity index (χ4v) is 3.23. The molecule has 0 aliphatic carbocycles. The predicted octanol–water partition coefficient (Wildman–Crippen LogP) is 0.833. The summed E-state index contributed by atoms with van der Waals surface area (Å²) < 4.78 is 33.4. The minimum atomic E-state index is -4.10. The molecule has 0 aromatic carbocycles. The number of nitrogens with one attached hydrogen (secondary N) is 1. The van der Waals surface area contributed by atoms with Gasteiger partial charge in [0.15, 0.2) is 4.90 Å². The van der Waals surface area contributed by atoms with E-state index in [1.165, 1.54) is 23.1 Å². The van der Waals surface area contributed by atoms with Crippen molar-refractivity contribution in [1.82, 2.24) is 19.5 Å². The molecule has 0 saturated heterocycles. The Hall–Kier alpha value is -2.13. The summed E-state index contributed by atoms with van der Waals surface area (Å²) in [5.41, 5.74) is 0.0398. The Morgan fingerprint density at radius 3 is 2.95 bits per heavy atom. The summed E-state index contributed by atoms with van der Waals surface area (Å²) in [6.07, 6.45) is 4.47. The van der Waals surface area contributed by atoms with Crippen LogP contribution in [-0.4, -0.2) is 35.7 Å². The molecule has 3 heterocycles.